The van der Waals surface area contributed by atoms with Gasteiger partial charge in [0, 0.05) is 17.3 Å². The Bertz CT molecular complexity index is 1170. The van der Waals surface area contributed by atoms with Crippen LogP contribution in [0.15, 0.2) is 41.3 Å². The van der Waals surface area contributed by atoms with Crippen LogP contribution in [0.4, 0.5) is 11.4 Å². The van der Waals surface area contributed by atoms with E-state index in [4.69, 9.17) is 16.3 Å². The van der Waals surface area contributed by atoms with Gasteiger partial charge in [0.2, 0.25) is 15.9 Å². The van der Waals surface area contributed by atoms with E-state index in [2.05, 4.69) is 10.6 Å². The Hall–Kier alpha value is -2.62. The maximum Gasteiger partial charge on any atom is 0.265 e. The first kappa shape index (κ1) is 21.6. The van der Waals surface area contributed by atoms with E-state index in [0.717, 1.165) is 5.56 Å². The topological polar surface area (TPSA) is 105 Å². The average molecular weight is 464 g/mol. The summed E-state index contributed by atoms with van der Waals surface area (Å²) < 4.78 is 33.3. The van der Waals surface area contributed by atoms with Gasteiger partial charge in [0.05, 0.1) is 10.6 Å². The lowest BCUT2D eigenvalue weighted by molar-refractivity contribution is -0.122. The number of benzene rings is 2. The number of aryl methyl sites for hydroxylation is 1. The third-order valence-corrected chi connectivity index (χ3v) is 7.75. The summed E-state index contributed by atoms with van der Waals surface area (Å²) in [6.07, 6.45) is 0.318. The summed E-state index contributed by atoms with van der Waals surface area (Å²) in [5, 5.41) is 5.93. The number of carbonyl (C=O) groups excluding carboxylic acids is 2. The molecule has 4 rings (SSSR count). The highest BCUT2D eigenvalue weighted by Gasteiger charge is 2.40. The fourth-order valence-electron chi connectivity index (χ4n) is 3.67. The molecule has 8 nitrogen and oxygen atoms in total. The van der Waals surface area contributed by atoms with Gasteiger partial charge in [0.1, 0.15) is 11.8 Å². The van der Waals surface area contributed by atoms with Crippen molar-refractivity contribution < 1.29 is 22.7 Å². The third kappa shape index (κ3) is 4.13. The van der Waals surface area contributed by atoms with Crippen LogP contribution in [0.3, 0.4) is 0 Å². The van der Waals surface area contributed by atoms with E-state index in [-0.39, 0.29) is 17.3 Å². The van der Waals surface area contributed by atoms with Crippen LogP contribution in [0.1, 0.15) is 25.3 Å². The van der Waals surface area contributed by atoms with Gasteiger partial charge in [-0.15, -0.1) is 0 Å². The maximum atomic E-state index is 13.3. The van der Waals surface area contributed by atoms with E-state index in [9.17, 15) is 18.0 Å². The van der Waals surface area contributed by atoms with Crippen LogP contribution in [0.25, 0.3) is 0 Å². The van der Waals surface area contributed by atoms with Gasteiger partial charge in [-0.25, -0.2) is 8.42 Å². The van der Waals surface area contributed by atoms with Crippen LogP contribution in [0.5, 0.6) is 5.75 Å². The SMILES string of the molecule is Cc1ccc(NC(=O)C2CCCN2S(=O)(=O)c2ccc3c(c2)NC(=O)C(C)O3)cc1Cl. The fraction of sp³-hybridized carbons (Fsp3) is 0.333. The lowest BCUT2D eigenvalue weighted by atomic mass is 10.2. The lowest BCUT2D eigenvalue weighted by Gasteiger charge is -2.26. The van der Waals surface area contributed by atoms with E-state index in [1.165, 1.54) is 22.5 Å². The van der Waals surface area contributed by atoms with Crippen LogP contribution >= 0.6 is 11.6 Å². The highest BCUT2D eigenvalue weighted by atomic mass is 35.5. The van der Waals surface area contributed by atoms with Crippen LogP contribution in [0, 0.1) is 6.92 Å². The Morgan fingerprint density at radius 1 is 1.26 bits per heavy atom. The Balaban J connectivity index is 1.57. The van der Waals surface area contributed by atoms with Crippen LogP contribution < -0.4 is 15.4 Å². The molecule has 2 aliphatic rings. The molecule has 2 N–H and O–H groups in total. The molecule has 0 radical (unpaired) electrons. The zero-order chi connectivity index (χ0) is 22.3. The number of nitrogens with one attached hydrogen (secondary N) is 2. The number of hydrogen-bond acceptors (Lipinski definition) is 5. The molecule has 0 aliphatic carbocycles. The van der Waals surface area contributed by atoms with E-state index in [0.29, 0.717) is 35.0 Å². The van der Waals surface area contributed by atoms with E-state index in [1.807, 2.05) is 6.92 Å². The molecule has 0 saturated carbocycles. The molecule has 2 amide bonds. The number of hydrogen-bond donors (Lipinski definition) is 2. The summed E-state index contributed by atoms with van der Waals surface area (Å²) in [6, 6.07) is 8.60. The van der Waals surface area contributed by atoms with Crippen molar-refractivity contribution in [2.75, 3.05) is 17.2 Å². The number of rotatable bonds is 4. The summed E-state index contributed by atoms with van der Waals surface area (Å²) in [6.45, 7) is 3.69. The van der Waals surface area contributed by atoms with E-state index < -0.39 is 28.1 Å². The van der Waals surface area contributed by atoms with Gasteiger partial charge < -0.3 is 15.4 Å². The monoisotopic (exact) mass is 463 g/mol. The highest BCUT2D eigenvalue weighted by molar-refractivity contribution is 7.89. The molecular formula is C21H22ClN3O5S. The second kappa shape index (κ2) is 8.14. The van der Waals surface area contributed by atoms with Crippen molar-refractivity contribution >= 4 is 44.8 Å². The zero-order valence-corrected chi connectivity index (χ0v) is 18.6. The van der Waals surface area contributed by atoms with Gasteiger partial charge in [-0.1, -0.05) is 17.7 Å². The van der Waals surface area contributed by atoms with Gasteiger partial charge in [-0.2, -0.15) is 4.31 Å². The number of carbonyl (C=O) groups is 2. The second-order valence-corrected chi connectivity index (χ2v) is 9.93. The first-order valence-corrected chi connectivity index (χ1v) is 11.7. The normalized spacial score (nSPS) is 21.2. The molecule has 164 valence electrons. The molecular weight excluding hydrogens is 442 g/mol. The van der Waals surface area contributed by atoms with E-state index in [1.54, 1.807) is 25.1 Å². The van der Waals surface area contributed by atoms with Gasteiger partial charge in [-0.3, -0.25) is 9.59 Å². The van der Waals surface area contributed by atoms with Gasteiger partial charge in [0.25, 0.3) is 5.91 Å². The quantitative estimate of drug-likeness (QED) is 0.724. The Morgan fingerprint density at radius 3 is 2.77 bits per heavy atom. The Kier molecular flexibility index (Phi) is 5.67. The first-order chi connectivity index (χ1) is 14.7. The molecule has 2 heterocycles. The largest absolute Gasteiger partial charge is 0.479 e. The number of ether oxygens (including phenoxy) is 1. The molecule has 2 aromatic carbocycles. The van der Waals surface area contributed by atoms with Crippen molar-refractivity contribution in [3.05, 3.63) is 47.0 Å². The molecule has 0 bridgehead atoms. The Labute approximate surface area is 185 Å². The van der Waals surface area contributed by atoms with Crippen molar-refractivity contribution in [2.45, 2.75) is 43.7 Å². The minimum absolute atomic E-state index is 0.0113. The summed E-state index contributed by atoms with van der Waals surface area (Å²) in [5.74, 6) is -0.361. The molecule has 1 fully saturated rings. The molecule has 2 atom stereocenters. The van der Waals surface area contributed by atoms with E-state index >= 15 is 0 Å². The molecule has 0 spiro atoms. The predicted molar refractivity (Wildman–Crippen MR) is 117 cm³/mol. The van der Waals surface area contributed by atoms with Gasteiger partial charge in [0.15, 0.2) is 6.10 Å². The smallest absolute Gasteiger partial charge is 0.265 e. The van der Waals surface area contributed by atoms with Crippen LogP contribution in [-0.4, -0.2) is 43.2 Å². The summed E-state index contributed by atoms with van der Waals surface area (Å²) in [5.41, 5.74) is 1.67. The fourth-order valence-corrected chi connectivity index (χ4v) is 5.53. The summed E-state index contributed by atoms with van der Waals surface area (Å²) in [4.78, 5) is 24.7. The number of fused-ring (bicyclic) bond motifs is 1. The highest BCUT2D eigenvalue weighted by Crippen LogP contribution is 2.34. The van der Waals surface area contributed by atoms with Crippen molar-refractivity contribution in [3.63, 3.8) is 0 Å². The molecule has 2 unspecified atom stereocenters. The molecule has 10 heteroatoms. The van der Waals surface area contributed by atoms with Crippen molar-refractivity contribution in [1.82, 2.24) is 4.31 Å². The van der Waals surface area contributed by atoms with Crippen LogP contribution in [0.2, 0.25) is 5.02 Å². The van der Waals surface area contributed by atoms with Crippen molar-refractivity contribution in [2.24, 2.45) is 0 Å². The number of anilines is 2. The molecule has 0 aromatic heterocycles. The van der Waals surface area contributed by atoms with Crippen molar-refractivity contribution in [3.8, 4) is 5.75 Å². The molecule has 1 saturated heterocycles. The average Bonchev–Trinajstić information content (AvgIpc) is 3.22. The van der Waals surface area contributed by atoms with Crippen molar-refractivity contribution in [1.29, 1.82) is 0 Å². The zero-order valence-electron chi connectivity index (χ0n) is 17.0. The predicted octanol–water partition coefficient (Wildman–Crippen LogP) is 3.16. The summed E-state index contributed by atoms with van der Waals surface area (Å²) in [7, 11) is -3.96. The molecule has 31 heavy (non-hydrogen) atoms. The third-order valence-electron chi connectivity index (χ3n) is 5.43. The number of amides is 2. The molecule has 2 aliphatic heterocycles. The summed E-state index contributed by atoms with van der Waals surface area (Å²) >= 11 is 6.12. The van der Waals surface area contributed by atoms with Crippen LogP contribution in [-0.2, 0) is 19.6 Å². The second-order valence-electron chi connectivity index (χ2n) is 7.63. The number of nitrogens with zero attached hydrogens (tertiary/aromatic N) is 1. The van der Waals surface area contributed by atoms with Gasteiger partial charge in [-0.05, 0) is 62.6 Å². The lowest BCUT2D eigenvalue weighted by Crippen LogP contribution is -2.43. The van der Waals surface area contributed by atoms with Gasteiger partial charge >= 0.3 is 0 Å². The standard InChI is InChI=1S/C21H22ClN3O5S/c1-12-5-6-14(10-16(12)22)23-21(27)18-4-3-9-25(18)31(28,29)15-7-8-19-17(11-15)24-20(26)13(2)30-19/h5-8,10-11,13,18H,3-4,9H2,1-2H3,(H,23,27)(H,24,26). The number of halogens is 1. The first-order valence-electron chi connectivity index (χ1n) is 9.87. The molecule has 2 aromatic rings. The maximum absolute atomic E-state index is 13.3. The minimum Gasteiger partial charge on any atom is -0.479 e. The number of sulfonamides is 1. The Morgan fingerprint density at radius 2 is 2.03 bits per heavy atom. The minimum atomic E-state index is -3.96.